The van der Waals surface area contributed by atoms with Crippen LogP contribution in [0.2, 0.25) is 0 Å². The normalized spacial score (nSPS) is 11.2. The monoisotopic (exact) mass is 530 g/mol. The molecule has 0 rings (SSSR count). The molecule has 225 valence electrons. The van der Waals surface area contributed by atoms with Gasteiger partial charge < -0.3 is 4.74 Å². The van der Waals surface area contributed by atoms with Gasteiger partial charge in [-0.25, -0.2) is 0 Å². The van der Waals surface area contributed by atoms with Crippen LogP contribution in [-0.4, -0.2) is 32.1 Å². The van der Waals surface area contributed by atoms with Gasteiger partial charge in [0.25, 0.3) is 0 Å². The first-order valence-corrected chi connectivity index (χ1v) is 18.0. The summed E-state index contributed by atoms with van der Waals surface area (Å²) >= 11 is 0. The Labute approximate surface area is 255 Å². The van der Waals surface area contributed by atoms with E-state index in [0.717, 1.165) is 13.2 Å². The number of hydrogen-bond acceptors (Lipinski definition) is 1. The molecule has 0 bridgehead atoms. The van der Waals surface area contributed by atoms with Crippen molar-refractivity contribution in [2.75, 3.05) is 13.2 Å². The van der Waals surface area contributed by atoms with E-state index in [-0.39, 0.29) is 18.9 Å². The van der Waals surface area contributed by atoms with Crippen LogP contribution in [0.1, 0.15) is 219 Å². The molecule has 0 aromatic carbocycles. The summed E-state index contributed by atoms with van der Waals surface area (Å²) in [6.45, 7) is 6.60. The largest absolute Gasteiger partial charge is 0.381 e. The number of ether oxygens (including phenoxy) is 1. The van der Waals surface area contributed by atoms with Gasteiger partial charge in [0, 0.05) is 32.1 Å². The summed E-state index contributed by atoms with van der Waals surface area (Å²) in [5.74, 6) is 0. The zero-order valence-electron chi connectivity index (χ0n) is 27.4. The van der Waals surface area contributed by atoms with E-state index >= 15 is 0 Å². The topological polar surface area (TPSA) is 9.23 Å². The van der Waals surface area contributed by atoms with Crippen LogP contribution in [0.3, 0.4) is 0 Å². The van der Waals surface area contributed by atoms with Gasteiger partial charge in [0.1, 0.15) is 0 Å². The zero-order valence-corrected chi connectivity index (χ0v) is 27.4. The minimum atomic E-state index is 0. The SMILES string of the molecule is CCCCCCCCCCCCCCCCCCOCCCCCCCCCCCCCCCCCC.[Li]. The maximum Gasteiger partial charge on any atom is 0.0466 e. The molecular weight excluding hydrogens is 455 g/mol. The van der Waals surface area contributed by atoms with Crippen molar-refractivity contribution in [3.05, 3.63) is 0 Å². The summed E-state index contributed by atoms with van der Waals surface area (Å²) in [5, 5.41) is 0. The van der Waals surface area contributed by atoms with Gasteiger partial charge in [-0.1, -0.05) is 206 Å². The van der Waals surface area contributed by atoms with Crippen LogP contribution in [0.4, 0.5) is 0 Å². The first-order valence-electron chi connectivity index (χ1n) is 18.0. The van der Waals surface area contributed by atoms with Crippen LogP contribution in [0.15, 0.2) is 0 Å². The standard InChI is InChI=1S/C36H74O.Li/c1-3-5-7-9-11-13-15-17-19-21-23-25-27-29-31-33-35-37-36-34-32-30-28-26-24-22-20-18-16-14-12-10-8-6-4-2;/h3-36H2,1-2H3;. The molecule has 0 heterocycles. The fraction of sp³-hybridized carbons (Fsp3) is 1.00. The van der Waals surface area contributed by atoms with Crippen molar-refractivity contribution in [3.63, 3.8) is 0 Å². The molecule has 0 N–H and O–H groups in total. The van der Waals surface area contributed by atoms with E-state index in [0.29, 0.717) is 0 Å². The van der Waals surface area contributed by atoms with Crippen molar-refractivity contribution in [2.45, 2.75) is 219 Å². The van der Waals surface area contributed by atoms with Crippen LogP contribution in [-0.2, 0) is 4.74 Å². The fourth-order valence-corrected chi connectivity index (χ4v) is 5.61. The van der Waals surface area contributed by atoms with Gasteiger partial charge >= 0.3 is 0 Å². The third kappa shape index (κ3) is 38.7. The van der Waals surface area contributed by atoms with E-state index in [9.17, 15) is 0 Å². The molecule has 0 spiro atoms. The van der Waals surface area contributed by atoms with Crippen molar-refractivity contribution < 1.29 is 4.74 Å². The van der Waals surface area contributed by atoms with E-state index in [1.165, 1.54) is 205 Å². The van der Waals surface area contributed by atoms with E-state index in [1.807, 2.05) is 0 Å². The molecule has 38 heavy (non-hydrogen) atoms. The molecule has 1 radical (unpaired) electrons. The van der Waals surface area contributed by atoms with Crippen LogP contribution >= 0.6 is 0 Å². The fourth-order valence-electron chi connectivity index (χ4n) is 5.61. The van der Waals surface area contributed by atoms with Crippen molar-refractivity contribution in [1.82, 2.24) is 0 Å². The van der Waals surface area contributed by atoms with Gasteiger partial charge in [-0.15, -0.1) is 0 Å². The van der Waals surface area contributed by atoms with Crippen LogP contribution in [0, 0.1) is 0 Å². The maximum absolute atomic E-state index is 5.87. The molecule has 0 fully saturated rings. The van der Waals surface area contributed by atoms with Crippen molar-refractivity contribution in [2.24, 2.45) is 0 Å². The molecule has 0 aromatic rings. The van der Waals surface area contributed by atoms with Gasteiger partial charge in [-0.3, -0.25) is 0 Å². The van der Waals surface area contributed by atoms with Gasteiger partial charge in [0.05, 0.1) is 0 Å². The summed E-state index contributed by atoms with van der Waals surface area (Å²) in [7, 11) is 0. The van der Waals surface area contributed by atoms with Crippen LogP contribution in [0.5, 0.6) is 0 Å². The molecule has 0 aliphatic rings. The van der Waals surface area contributed by atoms with E-state index in [4.69, 9.17) is 4.74 Å². The minimum absolute atomic E-state index is 0. The van der Waals surface area contributed by atoms with Crippen molar-refractivity contribution >= 4 is 18.9 Å². The summed E-state index contributed by atoms with van der Waals surface area (Å²) in [6, 6.07) is 0. The Kier molecular flexibility index (Phi) is 42.5. The third-order valence-electron chi connectivity index (χ3n) is 8.28. The molecule has 0 aromatic heterocycles. The molecule has 1 nitrogen and oxygen atoms in total. The molecule has 2 heteroatoms. The van der Waals surface area contributed by atoms with E-state index in [2.05, 4.69) is 13.8 Å². The van der Waals surface area contributed by atoms with Gasteiger partial charge in [-0.2, -0.15) is 0 Å². The van der Waals surface area contributed by atoms with Crippen molar-refractivity contribution in [3.8, 4) is 0 Å². The molecule has 0 atom stereocenters. The van der Waals surface area contributed by atoms with Gasteiger partial charge in [-0.05, 0) is 12.8 Å². The summed E-state index contributed by atoms with van der Waals surface area (Å²) < 4.78 is 5.87. The maximum atomic E-state index is 5.87. The average Bonchev–Trinajstić information content (AvgIpc) is 2.91. The first-order chi connectivity index (χ1) is 18.4. The Morgan fingerprint density at radius 1 is 0.237 bits per heavy atom. The Morgan fingerprint density at radius 2 is 0.395 bits per heavy atom. The Morgan fingerprint density at radius 3 is 0.579 bits per heavy atom. The quantitative estimate of drug-likeness (QED) is 0.0595. The summed E-state index contributed by atoms with van der Waals surface area (Å²) in [4.78, 5) is 0. The molecule has 0 saturated heterocycles. The van der Waals surface area contributed by atoms with E-state index < -0.39 is 0 Å². The third-order valence-corrected chi connectivity index (χ3v) is 8.28. The predicted octanol–water partition coefficient (Wildman–Crippen LogP) is 13.1. The van der Waals surface area contributed by atoms with Crippen LogP contribution in [0.25, 0.3) is 0 Å². The molecule has 0 amide bonds. The van der Waals surface area contributed by atoms with Gasteiger partial charge in [0.15, 0.2) is 0 Å². The predicted molar refractivity (Wildman–Crippen MR) is 176 cm³/mol. The molecule has 0 aliphatic carbocycles. The minimum Gasteiger partial charge on any atom is -0.381 e. The van der Waals surface area contributed by atoms with Crippen molar-refractivity contribution in [1.29, 1.82) is 0 Å². The second-order valence-corrected chi connectivity index (χ2v) is 12.2. The smallest absolute Gasteiger partial charge is 0.0466 e. The first kappa shape index (κ1) is 40.7. The molecule has 0 unspecified atom stereocenters. The Bertz CT molecular complexity index is 338. The number of unbranched alkanes of at least 4 members (excludes halogenated alkanes) is 30. The zero-order chi connectivity index (χ0) is 26.7. The van der Waals surface area contributed by atoms with Gasteiger partial charge in [0.2, 0.25) is 0 Å². The van der Waals surface area contributed by atoms with E-state index in [1.54, 1.807) is 0 Å². The molecular formula is C36H74LiO. The molecule has 0 saturated carbocycles. The number of rotatable bonds is 34. The second-order valence-electron chi connectivity index (χ2n) is 12.2. The Hall–Kier alpha value is 0.557. The van der Waals surface area contributed by atoms with Crippen LogP contribution < -0.4 is 0 Å². The summed E-state index contributed by atoms with van der Waals surface area (Å²) in [6.07, 6.45) is 46.0. The second kappa shape index (κ2) is 39.7. The Balaban J connectivity index is 0. The average molecular weight is 530 g/mol. The number of hydrogen-bond donors (Lipinski definition) is 0. The molecule has 0 aliphatic heterocycles. The summed E-state index contributed by atoms with van der Waals surface area (Å²) in [5.41, 5.74) is 0.